The van der Waals surface area contributed by atoms with Crippen molar-refractivity contribution >= 4 is 17.7 Å². The first-order valence-corrected chi connectivity index (χ1v) is 5.63. The van der Waals surface area contributed by atoms with Gasteiger partial charge in [0.2, 0.25) is 0 Å². The highest BCUT2D eigenvalue weighted by Crippen LogP contribution is 2.60. The lowest BCUT2D eigenvalue weighted by atomic mass is 10.1. The highest BCUT2D eigenvalue weighted by molar-refractivity contribution is 7.98. The zero-order valence-corrected chi connectivity index (χ0v) is 8.65. The van der Waals surface area contributed by atoms with E-state index in [1.807, 2.05) is 0 Å². The van der Waals surface area contributed by atoms with E-state index in [1.54, 1.807) is 11.8 Å². The molecule has 0 aromatic heterocycles. The summed E-state index contributed by atoms with van der Waals surface area (Å²) >= 11 is 1.79. The summed E-state index contributed by atoms with van der Waals surface area (Å²) in [5, 5.41) is 8.85. The third-order valence-electron chi connectivity index (χ3n) is 2.95. The third kappa shape index (κ3) is 1.60. The number of rotatable bonds is 4. The Morgan fingerprint density at radius 1 is 1.58 bits per heavy atom. The van der Waals surface area contributed by atoms with Gasteiger partial charge >= 0.3 is 5.97 Å². The Labute approximate surface area is 77.7 Å². The largest absolute Gasteiger partial charge is 0.481 e. The molecule has 0 aromatic rings. The van der Waals surface area contributed by atoms with Crippen molar-refractivity contribution in [3.05, 3.63) is 0 Å². The minimum atomic E-state index is -0.619. The van der Waals surface area contributed by atoms with E-state index in [0.29, 0.717) is 5.92 Å². The summed E-state index contributed by atoms with van der Waals surface area (Å²) in [6, 6.07) is 0. The van der Waals surface area contributed by atoms with Crippen LogP contribution in [0.15, 0.2) is 0 Å². The average molecular weight is 188 g/mol. The third-order valence-corrected chi connectivity index (χ3v) is 3.59. The molecule has 1 N–H and O–H groups in total. The molecule has 0 aliphatic heterocycles. The van der Waals surface area contributed by atoms with Crippen molar-refractivity contribution in [2.45, 2.75) is 20.3 Å². The van der Waals surface area contributed by atoms with Gasteiger partial charge in [0.15, 0.2) is 0 Å². The van der Waals surface area contributed by atoms with Crippen LogP contribution in [0.25, 0.3) is 0 Å². The van der Waals surface area contributed by atoms with Gasteiger partial charge in [-0.1, -0.05) is 13.8 Å². The molecule has 0 amide bonds. The lowest BCUT2D eigenvalue weighted by molar-refractivity contribution is -0.139. The number of carboxylic acids is 1. The lowest BCUT2D eigenvalue weighted by Gasteiger charge is -1.99. The molecule has 1 saturated carbocycles. The fourth-order valence-electron chi connectivity index (χ4n) is 2.02. The van der Waals surface area contributed by atoms with E-state index in [4.69, 9.17) is 5.11 Å². The van der Waals surface area contributed by atoms with Gasteiger partial charge in [-0.05, 0) is 29.8 Å². The van der Waals surface area contributed by atoms with Crippen molar-refractivity contribution in [2.75, 3.05) is 12.0 Å². The van der Waals surface area contributed by atoms with Crippen LogP contribution < -0.4 is 0 Å². The molecule has 1 aliphatic rings. The summed E-state index contributed by atoms with van der Waals surface area (Å²) in [5.41, 5.74) is 0.0432. The van der Waals surface area contributed by atoms with Gasteiger partial charge in [-0.15, -0.1) is 0 Å². The first kappa shape index (κ1) is 9.90. The standard InChI is InChI=1S/C9H16O2S/c1-9(2)6(4-5-12-3)7(9)8(10)11/h6-7H,4-5H2,1-3H3,(H,10,11)/t6-,7+/m1/s1. The fourth-order valence-corrected chi connectivity index (χ4v) is 2.51. The second-order valence-corrected chi connectivity index (χ2v) is 5.01. The predicted octanol–water partition coefficient (Wildman–Crippen LogP) is 2.10. The Balaban J connectivity index is 2.43. The number of hydrogen-bond acceptors (Lipinski definition) is 2. The van der Waals surface area contributed by atoms with E-state index in [1.165, 1.54) is 0 Å². The molecule has 2 atom stereocenters. The van der Waals surface area contributed by atoms with E-state index in [-0.39, 0.29) is 11.3 Å². The number of aliphatic carboxylic acids is 1. The summed E-state index contributed by atoms with van der Waals surface area (Å²) in [6.45, 7) is 4.10. The molecular formula is C9H16O2S. The molecule has 0 bridgehead atoms. The second kappa shape index (κ2) is 3.29. The van der Waals surface area contributed by atoms with Crippen molar-refractivity contribution in [3.63, 3.8) is 0 Å². The van der Waals surface area contributed by atoms with Gasteiger partial charge in [-0.2, -0.15) is 11.8 Å². The molecule has 1 aliphatic carbocycles. The van der Waals surface area contributed by atoms with Crippen molar-refractivity contribution in [1.29, 1.82) is 0 Å². The number of thioether (sulfide) groups is 1. The van der Waals surface area contributed by atoms with Gasteiger partial charge in [0.05, 0.1) is 5.92 Å². The molecule has 1 fully saturated rings. The molecule has 0 heterocycles. The Morgan fingerprint density at radius 2 is 2.17 bits per heavy atom. The van der Waals surface area contributed by atoms with Crippen LogP contribution >= 0.6 is 11.8 Å². The second-order valence-electron chi connectivity index (χ2n) is 4.03. The van der Waals surface area contributed by atoms with Gasteiger partial charge in [0, 0.05) is 0 Å². The molecular weight excluding hydrogens is 172 g/mol. The highest BCUT2D eigenvalue weighted by atomic mass is 32.2. The Kier molecular flexibility index (Phi) is 2.71. The number of carbonyl (C=O) groups is 1. The molecule has 70 valence electrons. The van der Waals surface area contributed by atoms with Gasteiger partial charge in [0.25, 0.3) is 0 Å². The maximum Gasteiger partial charge on any atom is 0.307 e. The summed E-state index contributed by atoms with van der Waals surface area (Å²) in [5.74, 6) is 0.774. The lowest BCUT2D eigenvalue weighted by Crippen LogP contribution is -2.03. The van der Waals surface area contributed by atoms with E-state index in [0.717, 1.165) is 12.2 Å². The van der Waals surface area contributed by atoms with Gasteiger partial charge in [-0.25, -0.2) is 0 Å². The van der Waals surface area contributed by atoms with Crippen LogP contribution in [-0.2, 0) is 4.79 Å². The minimum absolute atomic E-state index is 0.0432. The molecule has 0 saturated heterocycles. The topological polar surface area (TPSA) is 37.3 Å². The summed E-state index contributed by atoms with van der Waals surface area (Å²) in [4.78, 5) is 10.7. The first-order chi connectivity index (χ1) is 5.51. The van der Waals surface area contributed by atoms with Crippen molar-refractivity contribution < 1.29 is 9.90 Å². The molecule has 12 heavy (non-hydrogen) atoms. The smallest absolute Gasteiger partial charge is 0.307 e. The summed E-state index contributed by atoms with van der Waals surface area (Å²) in [6.07, 6.45) is 3.11. The summed E-state index contributed by atoms with van der Waals surface area (Å²) in [7, 11) is 0. The number of hydrogen-bond donors (Lipinski definition) is 1. The van der Waals surface area contributed by atoms with Crippen molar-refractivity contribution in [2.24, 2.45) is 17.3 Å². The average Bonchev–Trinajstić information content (AvgIpc) is 2.49. The minimum Gasteiger partial charge on any atom is -0.481 e. The van der Waals surface area contributed by atoms with E-state index >= 15 is 0 Å². The van der Waals surface area contributed by atoms with Crippen LogP contribution in [0.2, 0.25) is 0 Å². The molecule has 3 heteroatoms. The Morgan fingerprint density at radius 3 is 2.50 bits per heavy atom. The molecule has 0 unspecified atom stereocenters. The normalized spacial score (nSPS) is 31.6. The quantitative estimate of drug-likeness (QED) is 0.734. The highest BCUT2D eigenvalue weighted by Gasteiger charge is 2.61. The van der Waals surface area contributed by atoms with E-state index in [2.05, 4.69) is 20.1 Å². The summed E-state index contributed by atoms with van der Waals surface area (Å²) < 4.78 is 0. The van der Waals surface area contributed by atoms with Crippen LogP contribution in [-0.4, -0.2) is 23.1 Å². The van der Waals surface area contributed by atoms with Crippen LogP contribution in [0.3, 0.4) is 0 Å². The van der Waals surface area contributed by atoms with Gasteiger partial charge in [-0.3, -0.25) is 4.79 Å². The Hall–Kier alpha value is -0.180. The number of carboxylic acid groups (broad SMARTS) is 1. The fraction of sp³-hybridized carbons (Fsp3) is 0.889. The first-order valence-electron chi connectivity index (χ1n) is 4.23. The molecule has 2 nitrogen and oxygen atoms in total. The van der Waals surface area contributed by atoms with E-state index in [9.17, 15) is 4.79 Å². The SMILES string of the molecule is CSCC[C@@H]1[C@@H](C(=O)O)C1(C)C. The van der Waals surface area contributed by atoms with Crippen LogP contribution in [0.1, 0.15) is 20.3 Å². The maximum absolute atomic E-state index is 10.7. The van der Waals surface area contributed by atoms with Crippen molar-refractivity contribution in [3.8, 4) is 0 Å². The Bertz CT molecular complexity index is 189. The maximum atomic E-state index is 10.7. The van der Waals surface area contributed by atoms with Crippen LogP contribution in [0, 0.1) is 17.3 Å². The van der Waals surface area contributed by atoms with Gasteiger partial charge < -0.3 is 5.11 Å². The van der Waals surface area contributed by atoms with Crippen LogP contribution in [0.4, 0.5) is 0 Å². The monoisotopic (exact) mass is 188 g/mol. The van der Waals surface area contributed by atoms with Crippen LogP contribution in [0.5, 0.6) is 0 Å². The molecule has 1 rings (SSSR count). The van der Waals surface area contributed by atoms with Gasteiger partial charge in [0.1, 0.15) is 0 Å². The molecule has 0 radical (unpaired) electrons. The molecule has 0 spiro atoms. The zero-order chi connectivity index (χ0) is 9.35. The molecule has 0 aromatic carbocycles. The predicted molar refractivity (Wildman–Crippen MR) is 51.4 cm³/mol. The zero-order valence-electron chi connectivity index (χ0n) is 7.83. The van der Waals surface area contributed by atoms with E-state index < -0.39 is 5.97 Å². The van der Waals surface area contributed by atoms with Crippen molar-refractivity contribution in [1.82, 2.24) is 0 Å².